The predicted molar refractivity (Wildman–Crippen MR) is 96.1 cm³/mol. The maximum absolute atomic E-state index is 10.2. The number of hydrogen-bond donors (Lipinski definition) is 2. The molecule has 0 bridgehead atoms. The van der Waals surface area contributed by atoms with Gasteiger partial charge in [0.15, 0.2) is 0 Å². The van der Waals surface area contributed by atoms with Gasteiger partial charge in [-0.1, -0.05) is 67.2 Å². The summed E-state index contributed by atoms with van der Waals surface area (Å²) in [4.78, 5) is 10.2. The lowest BCUT2D eigenvalue weighted by molar-refractivity contribution is 0.0697. The van der Waals surface area contributed by atoms with Crippen LogP contribution in [-0.2, 0) is 0 Å². The topological polar surface area (TPSA) is 57.5 Å². The lowest BCUT2D eigenvalue weighted by Crippen LogP contribution is -1.93. The molecule has 0 spiro atoms. The summed E-state index contributed by atoms with van der Waals surface area (Å²) in [5.41, 5.74) is 3.61. The normalized spacial score (nSPS) is 9.50. The van der Waals surface area contributed by atoms with Gasteiger partial charge in [-0.15, -0.1) is 0 Å². The van der Waals surface area contributed by atoms with Crippen molar-refractivity contribution in [2.75, 3.05) is 0 Å². The molecule has 0 radical (unpaired) electrons. The number of phenolic OH excluding ortho intramolecular Hbond substituents is 1. The standard InChI is InChI=1S/C14H12.C7H6O3/c1-12(13-8-4-2-5-9-13)14-10-6-3-7-11-14;8-6-3-1-5(2-4-6)7(9)10/h2-11H,1H2;1-4,8H,(H,9,10). The van der Waals surface area contributed by atoms with Crippen molar-refractivity contribution in [2.24, 2.45) is 0 Å². The monoisotopic (exact) mass is 318 g/mol. The van der Waals surface area contributed by atoms with E-state index < -0.39 is 5.97 Å². The van der Waals surface area contributed by atoms with Crippen LogP contribution in [0.3, 0.4) is 0 Å². The molecule has 2 N–H and O–H groups in total. The predicted octanol–water partition coefficient (Wildman–Crippen LogP) is 4.84. The molecule has 0 saturated heterocycles. The van der Waals surface area contributed by atoms with Gasteiger partial charge in [-0.3, -0.25) is 0 Å². The molecule has 3 aromatic carbocycles. The first-order valence-electron chi connectivity index (χ1n) is 7.40. The first kappa shape index (κ1) is 17.0. The third kappa shape index (κ3) is 4.85. The van der Waals surface area contributed by atoms with E-state index in [1.165, 1.54) is 35.4 Å². The van der Waals surface area contributed by atoms with Crippen LogP contribution in [0.1, 0.15) is 21.5 Å². The van der Waals surface area contributed by atoms with Gasteiger partial charge in [0.05, 0.1) is 5.56 Å². The van der Waals surface area contributed by atoms with E-state index >= 15 is 0 Å². The molecule has 0 aliphatic carbocycles. The Balaban J connectivity index is 0.000000185. The van der Waals surface area contributed by atoms with Crippen molar-refractivity contribution in [3.63, 3.8) is 0 Å². The second-order valence-corrected chi connectivity index (χ2v) is 5.06. The number of carbonyl (C=O) groups is 1. The number of phenols is 1. The highest BCUT2D eigenvalue weighted by molar-refractivity contribution is 5.87. The molecule has 3 nitrogen and oxygen atoms in total. The Morgan fingerprint density at radius 3 is 1.46 bits per heavy atom. The Morgan fingerprint density at radius 1 is 0.667 bits per heavy atom. The Morgan fingerprint density at radius 2 is 1.08 bits per heavy atom. The van der Waals surface area contributed by atoms with Crippen molar-refractivity contribution in [3.05, 3.63) is 108 Å². The third-order valence-corrected chi connectivity index (χ3v) is 3.36. The molecule has 24 heavy (non-hydrogen) atoms. The Labute approximate surface area is 141 Å². The smallest absolute Gasteiger partial charge is 0.335 e. The number of hydrogen-bond acceptors (Lipinski definition) is 2. The van der Waals surface area contributed by atoms with Gasteiger partial charge in [0.25, 0.3) is 0 Å². The Bertz CT molecular complexity index is 750. The summed E-state index contributed by atoms with van der Waals surface area (Å²) in [5.74, 6) is -0.912. The van der Waals surface area contributed by atoms with Gasteiger partial charge >= 0.3 is 5.97 Å². The van der Waals surface area contributed by atoms with Gasteiger partial charge in [-0.2, -0.15) is 0 Å². The van der Waals surface area contributed by atoms with Crippen LogP contribution in [0.5, 0.6) is 5.75 Å². The van der Waals surface area contributed by atoms with E-state index in [-0.39, 0.29) is 11.3 Å². The molecule has 120 valence electrons. The van der Waals surface area contributed by atoms with Crippen molar-refractivity contribution in [3.8, 4) is 5.75 Å². The molecule has 0 aliphatic rings. The van der Waals surface area contributed by atoms with E-state index in [1.54, 1.807) is 0 Å². The number of aromatic carboxylic acids is 1. The van der Waals surface area contributed by atoms with Gasteiger partial charge in [0.2, 0.25) is 0 Å². The number of benzene rings is 3. The highest BCUT2D eigenvalue weighted by Gasteiger charge is 2.00. The summed E-state index contributed by atoms with van der Waals surface area (Å²) in [6, 6.07) is 25.8. The first-order chi connectivity index (χ1) is 11.6. The van der Waals surface area contributed by atoms with Crippen LogP contribution in [0, 0.1) is 0 Å². The first-order valence-corrected chi connectivity index (χ1v) is 7.40. The number of carboxylic acid groups (broad SMARTS) is 1. The number of carboxylic acids is 1. The van der Waals surface area contributed by atoms with Gasteiger partial charge in [0, 0.05) is 0 Å². The molecule has 3 heteroatoms. The molecule has 0 unspecified atom stereocenters. The molecule has 0 aromatic heterocycles. The third-order valence-electron chi connectivity index (χ3n) is 3.36. The van der Waals surface area contributed by atoms with Gasteiger partial charge in [-0.25, -0.2) is 4.79 Å². The largest absolute Gasteiger partial charge is 0.508 e. The molecule has 0 atom stereocenters. The lowest BCUT2D eigenvalue weighted by Gasteiger charge is -2.04. The Kier molecular flexibility index (Phi) is 5.92. The minimum atomic E-state index is -0.986. The summed E-state index contributed by atoms with van der Waals surface area (Å²) < 4.78 is 0. The van der Waals surface area contributed by atoms with E-state index in [0.29, 0.717) is 0 Å². The summed E-state index contributed by atoms with van der Waals surface area (Å²) in [7, 11) is 0. The molecule has 0 saturated carbocycles. The van der Waals surface area contributed by atoms with Crippen molar-refractivity contribution >= 4 is 11.5 Å². The molecular formula is C21H18O3. The minimum Gasteiger partial charge on any atom is -0.508 e. The quantitative estimate of drug-likeness (QED) is 0.726. The van der Waals surface area contributed by atoms with Crippen molar-refractivity contribution in [1.29, 1.82) is 0 Å². The molecule has 0 amide bonds. The van der Waals surface area contributed by atoms with Crippen LogP contribution in [-0.4, -0.2) is 16.2 Å². The molecular weight excluding hydrogens is 300 g/mol. The second-order valence-electron chi connectivity index (χ2n) is 5.06. The molecule has 0 heterocycles. The molecule has 0 aliphatic heterocycles. The summed E-state index contributed by atoms with van der Waals surface area (Å²) in [6.07, 6.45) is 0. The van der Waals surface area contributed by atoms with Gasteiger partial charge in [0.1, 0.15) is 5.75 Å². The summed E-state index contributed by atoms with van der Waals surface area (Å²) in [5, 5.41) is 17.1. The minimum absolute atomic E-state index is 0.0741. The number of aromatic hydroxyl groups is 1. The average Bonchev–Trinajstić information content (AvgIpc) is 2.63. The van der Waals surface area contributed by atoms with Gasteiger partial charge < -0.3 is 10.2 Å². The van der Waals surface area contributed by atoms with E-state index in [0.717, 1.165) is 5.57 Å². The average molecular weight is 318 g/mol. The van der Waals surface area contributed by atoms with Crippen molar-refractivity contribution < 1.29 is 15.0 Å². The molecule has 0 fully saturated rings. The van der Waals surface area contributed by atoms with Gasteiger partial charge in [-0.05, 0) is 41.0 Å². The Hall–Kier alpha value is -3.33. The maximum atomic E-state index is 10.2. The summed E-state index contributed by atoms with van der Waals surface area (Å²) in [6.45, 7) is 4.10. The lowest BCUT2D eigenvalue weighted by atomic mass is 10.0. The van der Waals surface area contributed by atoms with Crippen LogP contribution in [0.2, 0.25) is 0 Å². The maximum Gasteiger partial charge on any atom is 0.335 e. The van der Waals surface area contributed by atoms with Crippen molar-refractivity contribution in [2.45, 2.75) is 0 Å². The van der Waals surface area contributed by atoms with Crippen LogP contribution < -0.4 is 0 Å². The number of rotatable bonds is 3. The highest BCUT2D eigenvalue weighted by atomic mass is 16.4. The van der Waals surface area contributed by atoms with Crippen LogP contribution in [0.4, 0.5) is 0 Å². The van der Waals surface area contributed by atoms with Crippen molar-refractivity contribution in [1.82, 2.24) is 0 Å². The van der Waals surface area contributed by atoms with Crippen LogP contribution in [0.25, 0.3) is 5.57 Å². The molecule has 3 rings (SSSR count). The fourth-order valence-corrected chi connectivity index (χ4v) is 2.05. The molecule has 3 aromatic rings. The van der Waals surface area contributed by atoms with E-state index in [4.69, 9.17) is 10.2 Å². The van der Waals surface area contributed by atoms with Crippen LogP contribution in [0.15, 0.2) is 91.5 Å². The fraction of sp³-hybridized carbons (Fsp3) is 0. The summed E-state index contributed by atoms with van der Waals surface area (Å²) >= 11 is 0. The van der Waals surface area contributed by atoms with E-state index in [2.05, 4.69) is 30.8 Å². The zero-order valence-electron chi connectivity index (χ0n) is 13.1. The zero-order chi connectivity index (χ0) is 17.4. The zero-order valence-corrected chi connectivity index (χ0v) is 13.1. The highest BCUT2D eigenvalue weighted by Crippen LogP contribution is 2.20. The fourth-order valence-electron chi connectivity index (χ4n) is 2.05. The SMILES string of the molecule is C=C(c1ccccc1)c1ccccc1.O=C(O)c1ccc(O)cc1. The van der Waals surface area contributed by atoms with Crippen LogP contribution >= 0.6 is 0 Å². The second kappa shape index (κ2) is 8.34. The van der Waals surface area contributed by atoms with E-state index in [1.807, 2.05) is 36.4 Å². The van der Waals surface area contributed by atoms with E-state index in [9.17, 15) is 4.79 Å².